The van der Waals surface area contributed by atoms with Crippen LogP contribution in [0.15, 0.2) is 6.33 Å². The van der Waals surface area contributed by atoms with Gasteiger partial charge in [-0.25, -0.2) is 18.7 Å². The van der Waals surface area contributed by atoms with Crippen molar-refractivity contribution in [2.45, 2.75) is 6.43 Å². The first-order valence-corrected chi connectivity index (χ1v) is 5.34. The predicted molar refractivity (Wildman–Crippen MR) is 63.4 cm³/mol. The van der Waals surface area contributed by atoms with E-state index in [4.69, 9.17) is 9.84 Å². The maximum atomic E-state index is 12.5. The van der Waals surface area contributed by atoms with Crippen molar-refractivity contribution in [3.8, 4) is 5.75 Å². The number of hydrogen-bond acceptors (Lipinski definition) is 6. The summed E-state index contributed by atoms with van der Waals surface area (Å²) in [5.74, 6) is 0.903. The number of nitrogens with zero attached hydrogens (tertiary/aromatic N) is 3. The van der Waals surface area contributed by atoms with Gasteiger partial charge in [0, 0.05) is 13.6 Å². The van der Waals surface area contributed by atoms with Gasteiger partial charge in [-0.15, -0.1) is 0 Å². The summed E-state index contributed by atoms with van der Waals surface area (Å²) >= 11 is 0. The number of methoxy groups -OCH3 is 1. The van der Waals surface area contributed by atoms with Gasteiger partial charge in [0.25, 0.3) is 6.43 Å². The van der Waals surface area contributed by atoms with E-state index in [1.54, 1.807) is 7.05 Å². The maximum absolute atomic E-state index is 12.5. The third-order valence-corrected chi connectivity index (χ3v) is 2.25. The lowest BCUT2D eigenvalue weighted by atomic mass is 10.4. The Labute approximate surface area is 104 Å². The molecule has 18 heavy (non-hydrogen) atoms. The van der Waals surface area contributed by atoms with Gasteiger partial charge in [-0.1, -0.05) is 0 Å². The van der Waals surface area contributed by atoms with E-state index in [0.29, 0.717) is 5.82 Å². The zero-order valence-corrected chi connectivity index (χ0v) is 10.2. The average Bonchev–Trinajstić information content (AvgIpc) is 2.36. The van der Waals surface area contributed by atoms with Crippen LogP contribution in [0.2, 0.25) is 0 Å². The number of nitrogens with one attached hydrogen (secondary N) is 1. The van der Waals surface area contributed by atoms with Gasteiger partial charge in [-0.05, 0) is 0 Å². The SMILES string of the molecule is CNc1ncnc(N(CCO)CC(F)F)c1OC. The Balaban J connectivity index is 3.09. The second kappa shape index (κ2) is 6.90. The molecule has 0 atom stereocenters. The molecular weight excluding hydrogens is 246 g/mol. The number of alkyl halides is 2. The van der Waals surface area contributed by atoms with Crippen LogP contribution in [0.25, 0.3) is 0 Å². The van der Waals surface area contributed by atoms with Crippen LogP contribution in [-0.2, 0) is 0 Å². The van der Waals surface area contributed by atoms with Crippen molar-refractivity contribution in [3.05, 3.63) is 6.33 Å². The highest BCUT2D eigenvalue weighted by molar-refractivity contribution is 5.64. The fourth-order valence-corrected chi connectivity index (χ4v) is 1.53. The van der Waals surface area contributed by atoms with Crippen LogP contribution in [0.1, 0.15) is 0 Å². The third-order valence-electron chi connectivity index (χ3n) is 2.25. The van der Waals surface area contributed by atoms with E-state index >= 15 is 0 Å². The molecule has 0 aromatic carbocycles. The van der Waals surface area contributed by atoms with E-state index in [1.165, 1.54) is 18.3 Å². The number of aliphatic hydroxyl groups excluding tert-OH is 1. The molecule has 0 radical (unpaired) electrons. The first-order chi connectivity index (χ1) is 8.63. The summed E-state index contributed by atoms with van der Waals surface area (Å²) in [6, 6.07) is 0. The Morgan fingerprint density at radius 3 is 2.72 bits per heavy atom. The summed E-state index contributed by atoms with van der Waals surface area (Å²) in [5, 5.41) is 11.7. The van der Waals surface area contributed by atoms with Crippen LogP contribution in [-0.4, -0.2) is 55.4 Å². The molecule has 0 amide bonds. The minimum Gasteiger partial charge on any atom is -0.490 e. The fourth-order valence-electron chi connectivity index (χ4n) is 1.53. The molecule has 0 saturated carbocycles. The quantitative estimate of drug-likeness (QED) is 0.749. The summed E-state index contributed by atoms with van der Waals surface area (Å²) in [7, 11) is 3.04. The van der Waals surface area contributed by atoms with Crippen LogP contribution in [0, 0.1) is 0 Å². The number of aromatic nitrogens is 2. The minimum absolute atomic E-state index is 0.0425. The Bertz CT molecular complexity index is 379. The van der Waals surface area contributed by atoms with Crippen molar-refractivity contribution < 1.29 is 18.6 Å². The Kier molecular flexibility index (Phi) is 5.50. The molecule has 0 saturated heterocycles. The van der Waals surface area contributed by atoms with E-state index in [2.05, 4.69) is 15.3 Å². The van der Waals surface area contributed by atoms with Crippen molar-refractivity contribution in [1.29, 1.82) is 0 Å². The molecule has 0 bridgehead atoms. The average molecular weight is 262 g/mol. The summed E-state index contributed by atoms with van der Waals surface area (Å²) in [6.07, 6.45) is -1.28. The summed E-state index contributed by atoms with van der Waals surface area (Å²) < 4.78 is 30.1. The van der Waals surface area contributed by atoms with E-state index in [-0.39, 0.29) is 24.7 Å². The van der Waals surface area contributed by atoms with Crippen molar-refractivity contribution in [3.63, 3.8) is 0 Å². The van der Waals surface area contributed by atoms with Gasteiger partial charge in [-0.2, -0.15) is 0 Å². The minimum atomic E-state index is -2.53. The number of aliphatic hydroxyl groups is 1. The fraction of sp³-hybridized carbons (Fsp3) is 0.600. The number of halogens is 2. The Hall–Kier alpha value is -1.70. The van der Waals surface area contributed by atoms with Gasteiger partial charge in [0.15, 0.2) is 11.6 Å². The molecule has 0 aliphatic heterocycles. The second-order valence-electron chi connectivity index (χ2n) is 3.39. The van der Waals surface area contributed by atoms with Crippen LogP contribution >= 0.6 is 0 Å². The van der Waals surface area contributed by atoms with E-state index in [9.17, 15) is 8.78 Å². The smallest absolute Gasteiger partial charge is 0.255 e. The number of rotatable bonds is 7. The molecule has 2 N–H and O–H groups in total. The molecule has 0 fully saturated rings. The third kappa shape index (κ3) is 3.39. The molecule has 8 heteroatoms. The molecular formula is C10H16F2N4O2. The first kappa shape index (κ1) is 14.4. The topological polar surface area (TPSA) is 70.5 Å². The molecule has 0 unspecified atom stereocenters. The second-order valence-corrected chi connectivity index (χ2v) is 3.39. The van der Waals surface area contributed by atoms with Crippen LogP contribution in [0.4, 0.5) is 20.4 Å². The van der Waals surface area contributed by atoms with Gasteiger partial charge in [-0.3, -0.25) is 0 Å². The molecule has 1 aromatic heterocycles. The zero-order valence-electron chi connectivity index (χ0n) is 10.2. The van der Waals surface area contributed by atoms with E-state index in [0.717, 1.165) is 0 Å². The number of anilines is 2. The monoisotopic (exact) mass is 262 g/mol. The van der Waals surface area contributed by atoms with Crippen molar-refractivity contribution in [2.75, 3.05) is 44.1 Å². The molecule has 0 spiro atoms. The molecule has 1 heterocycles. The highest BCUT2D eigenvalue weighted by atomic mass is 19.3. The summed E-state index contributed by atoms with van der Waals surface area (Å²) in [6.45, 7) is -0.743. The highest BCUT2D eigenvalue weighted by Gasteiger charge is 2.20. The van der Waals surface area contributed by atoms with Crippen LogP contribution in [0.5, 0.6) is 5.75 Å². The lowest BCUT2D eigenvalue weighted by Gasteiger charge is -2.24. The van der Waals surface area contributed by atoms with Crippen LogP contribution in [0.3, 0.4) is 0 Å². The number of ether oxygens (including phenoxy) is 1. The molecule has 0 aliphatic carbocycles. The highest BCUT2D eigenvalue weighted by Crippen LogP contribution is 2.31. The van der Waals surface area contributed by atoms with E-state index < -0.39 is 13.0 Å². The predicted octanol–water partition coefficient (Wildman–Crippen LogP) is 0.591. The summed E-state index contributed by atoms with van der Waals surface area (Å²) in [4.78, 5) is 9.12. The van der Waals surface area contributed by atoms with Gasteiger partial charge < -0.3 is 20.1 Å². The van der Waals surface area contributed by atoms with Crippen LogP contribution < -0.4 is 15.0 Å². The van der Waals surface area contributed by atoms with Crippen molar-refractivity contribution >= 4 is 11.6 Å². The maximum Gasteiger partial charge on any atom is 0.255 e. The molecule has 102 valence electrons. The van der Waals surface area contributed by atoms with Crippen molar-refractivity contribution in [2.24, 2.45) is 0 Å². The largest absolute Gasteiger partial charge is 0.490 e. The molecule has 0 aliphatic rings. The molecule has 6 nitrogen and oxygen atoms in total. The van der Waals surface area contributed by atoms with Gasteiger partial charge in [0.05, 0.1) is 20.3 Å². The van der Waals surface area contributed by atoms with Gasteiger partial charge >= 0.3 is 0 Å². The molecule has 1 aromatic rings. The standard InChI is InChI=1S/C10H16F2N4O2/c1-13-9-8(18-2)10(15-6-14-9)16(3-4-17)5-7(11)12/h6-7,17H,3-5H2,1-2H3,(H,13,14,15). The van der Waals surface area contributed by atoms with E-state index in [1.807, 2.05) is 0 Å². The first-order valence-electron chi connectivity index (χ1n) is 5.34. The Morgan fingerprint density at radius 2 is 2.22 bits per heavy atom. The lowest BCUT2D eigenvalue weighted by molar-refractivity contribution is 0.152. The number of hydrogen-bond donors (Lipinski definition) is 2. The normalized spacial score (nSPS) is 10.6. The van der Waals surface area contributed by atoms with Crippen molar-refractivity contribution in [1.82, 2.24) is 9.97 Å². The lowest BCUT2D eigenvalue weighted by Crippen LogP contribution is -2.32. The molecule has 1 rings (SSSR count). The van der Waals surface area contributed by atoms with Gasteiger partial charge in [0.1, 0.15) is 6.33 Å². The van der Waals surface area contributed by atoms with Gasteiger partial charge in [0.2, 0.25) is 5.75 Å². The summed E-state index contributed by atoms with van der Waals surface area (Å²) in [5.41, 5.74) is 0. The zero-order chi connectivity index (χ0) is 13.5. The Morgan fingerprint density at radius 1 is 1.50 bits per heavy atom.